The maximum atomic E-state index is 9.44. The quantitative estimate of drug-likeness (QED) is 0.627. The largest absolute Gasteiger partial charge is 0.508 e. The lowest BCUT2D eigenvalue weighted by Gasteiger charge is -2.12. The number of aryl methyl sites for hydroxylation is 1. The number of rotatable bonds is 4. The first-order valence-corrected chi connectivity index (χ1v) is 4.94. The van der Waals surface area contributed by atoms with Gasteiger partial charge >= 0.3 is 0 Å². The fourth-order valence-electron chi connectivity index (χ4n) is 1.09. The molecule has 1 rings (SSSR count). The van der Waals surface area contributed by atoms with Gasteiger partial charge in [-0.1, -0.05) is 11.6 Å². The Morgan fingerprint density at radius 3 is 2.73 bits per heavy atom. The minimum atomic E-state index is -0.843. The van der Waals surface area contributed by atoms with E-state index in [1.165, 1.54) is 6.07 Å². The Bertz CT molecular complexity index is 344. The second-order valence-corrected chi connectivity index (χ2v) is 3.74. The minimum absolute atomic E-state index is 0.139. The van der Waals surface area contributed by atoms with E-state index < -0.39 is 6.10 Å². The molecule has 0 saturated carbocycles. The topological polar surface area (TPSA) is 72.7 Å². The van der Waals surface area contributed by atoms with Crippen LogP contribution in [0.3, 0.4) is 0 Å². The van der Waals surface area contributed by atoms with Gasteiger partial charge in [-0.25, -0.2) is 0 Å². The van der Waals surface area contributed by atoms with Crippen LogP contribution in [0.15, 0.2) is 12.1 Å². The zero-order valence-electron chi connectivity index (χ0n) is 8.37. The Hall–Kier alpha value is -0.970. The molecule has 1 aromatic carbocycles. The normalized spacial score (nSPS) is 12.5. The Morgan fingerprint density at radius 1 is 1.47 bits per heavy atom. The zero-order valence-corrected chi connectivity index (χ0v) is 9.12. The number of hydrogen-bond donors (Lipinski definition) is 4. The summed E-state index contributed by atoms with van der Waals surface area (Å²) in [6, 6.07) is 3.12. The van der Waals surface area contributed by atoms with Gasteiger partial charge in [-0.05, 0) is 18.6 Å². The summed E-state index contributed by atoms with van der Waals surface area (Å²) in [6.07, 6.45) is -0.843. The highest BCUT2D eigenvalue weighted by Gasteiger charge is 2.07. The molecular formula is C10H14ClNO3. The van der Waals surface area contributed by atoms with Gasteiger partial charge in [0.25, 0.3) is 0 Å². The standard InChI is InChI=1S/C10H14ClNO3/c1-6-2-8(11)9(3-10(6)15)12-4-7(14)5-13/h2-3,7,12-15H,4-5H2,1H3. The minimum Gasteiger partial charge on any atom is -0.508 e. The molecule has 1 aromatic rings. The van der Waals surface area contributed by atoms with Crippen LogP contribution >= 0.6 is 11.6 Å². The van der Waals surface area contributed by atoms with E-state index in [0.29, 0.717) is 16.3 Å². The molecule has 0 fully saturated rings. The van der Waals surface area contributed by atoms with Crippen LogP contribution in [0.25, 0.3) is 0 Å². The summed E-state index contributed by atoms with van der Waals surface area (Å²) in [7, 11) is 0. The summed E-state index contributed by atoms with van der Waals surface area (Å²) in [5.74, 6) is 0.139. The Labute approximate surface area is 93.1 Å². The molecule has 0 spiro atoms. The number of aromatic hydroxyl groups is 1. The zero-order chi connectivity index (χ0) is 11.4. The number of anilines is 1. The van der Waals surface area contributed by atoms with E-state index in [9.17, 15) is 5.11 Å². The third-order valence-corrected chi connectivity index (χ3v) is 2.34. The van der Waals surface area contributed by atoms with Crippen molar-refractivity contribution in [2.24, 2.45) is 0 Å². The fraction of sp³-hybridized carbons (Fsp3) is 0.400. The summed E-state index contributed by atoms with van der Waals surface area (Å²) in [5.41, 5.74) is 1.22. The molecule has 84 valence electrons. The van der Waals surface area contributed by atoms with Crippen LogP contribution < -0.4 is 5.32 Å². The van der Waals surface area contributed by atoms with Gasteiger partial charge in [0.05, 0.1) is 23.4 Å². The average Bonchev–Trinajstić information content (AvgIpc) is 2.21. The average molecular weight is 232 g/mol. The molecule has 0 heterocycles. The number of halogens is 1. The van der Waals surface area contributed by atoms with Gasteiger partial charge in [-0.3, -0.25) is 0 Å². The number of hydrogen-bond acceptors (Lipinski definition) is 4. The van der Waals surface area contributed by atoms with E-state index in [1.54, 1.807) is 13.0 Å². The molecule has 4 nitrogen and oxygen atoms in total. The molecule has 5 heteroatoms. The maximum Gasteiger partial charge on any atom is 0.120 e. The number of nitrogens with one attached hydrogen (secondary N) is 1. The van der Waals surface area contributed by atoms with E-state index >= 15 is 0 Å². The number of phenolic OH excluding ortho intramolecular Hbond substituents is 1. The Balaban J connectivity index is 2.73. The van der Waals surface area contributed by atoms with E-state index in [4.69, 9.17) is 21.8 Å². The van der Waals surface area contributed by atoms with Crippen LogP contribution in [-0.2, 0) is 0 Å². The fourth-order valence-corrected chi connectivity index (χ4v) is 1.37. The molecule has 15 heavy (non-hydrogen) atoms. The predicted molar refractivity (Wildman–Crippen MR) is 59.4 cm³/mol. The van der Waals surface area contributed by atoms with Crippen molar-refractivity contribution in [3.8, 4) is 5.75 Å². The molecule has 1 atom stereocenters. The summed E-state index contributed by atoms with van der Waals surface area (Å²) in [4.78, 5) is 0. The molecule has 4 N–H and O–H groups in total. The summed E-state index contributed by atoms with van der Waals surface area (Å²) < 4.78 is 0. The van der Waals surface area contributed by atoms with Crippen molar-refractivity contribution >= 4 is 17.3 Å². The van der Waals surface area contributed by atoms with Crippen molar-refractivity contribution in [1.82, 2.24) is 0 Å². The summed E-state index contributed by atoms with van der Waals surface area (Å²) >= 11 is 5.91. The molecule has 0 radical (unpaired) electrons. The lowest BCUT2D eigenvalue weighted by Crippen LogP contribution is -2.23. The van der Waals surface area contributed by atoms with Crippen LogP contribution in [0.4, 0.5) is 5.69 Å². The number of phenols is 1. The van der Waals surface area contributed by atoms with E-state index in [2.05, 4.69) is 5.32 Å². The third kappa shape index (κ3) is 3.27. The first-order chi connectivity index (χ1) is 7.04. The summed E-state index contributed by atoms with van der Waals surface area (Å²) in [6.45, 7) is 1.61. The maximum absolute atomic E-state index is 9.44. The second-order valence-electron chi connectivity index (χ2n) is 3.34. The lowest BCUT2D eigenvalue weighted by molar-refractivity contribution is 0.105. The molecule has 0 aliphatic carbocycles. The van der Waals surface area contributed by atoms with Gasteiger partial charge in [0.15, 0.2) is 0 Å². The molecule has 0 saturated heterocycles. The van der Waals surface area contributed by atoms with Gasteiger partial charge in [-0.2, -0.15) is 0 Å². The van der Waals surface area contributed by atoms with Crippen molar-refractivity contribution in [3.63, 3.8) is 0 Å². The van der Waals surface area contributed by atoms with Gasteiger partial charge in [0, 0.05) is 12.6 Å². The molecule has 0 amide bonds. The predicted octanol–water partition coefficient (Wildman–Crippen LogP) is 1.12. The van der Waals surface area contributed by atoms with Gasteiger partial charge in [0.2, 0.25) is 0 Å². The SMILES string of the molecule is Cc1cc(Cl)c(NCC(O)CO)cc1O. The van der Waals surface area contributed by atoms with Crippen LogP contribution in [0.5, 0.6) is 5.75 Å². The van der Waals surface area contributed by atoms with Crippen molar-refractivity contribution in [2.75, 3.05) is 18.5 Å². The molecule has 0 aliphatic heterocycles. The van der Waals surface area contributed by atoms with Crippen molar-refractivity contribution < 1.29 is 15.3 Å². The molecule has 0 bridgehead atoms. The summed E-state index contributed by atoms with van der Waals surface area (Å²) in [5, 5.41) is 30.5. The Morgan fingerprint density at radius 2 is 2.13 bits per heavy atom. The highest BCUT2D eigenvalue weighted by atomic mass is 35.5. The monoisotopic (exact) mass is 231 g/mol. The van der Waals surface area contributed by atoms with Crippen molar-refractivity contribution in [1.29, 1.82) is 0 Å². The first-order valence-electron chi connectivity index (χ1n) is 4.56. The van der Waals surface area contributed by atoms with Crippen LogP contribution in [0.2, 0.25) is 5.02 Å². The molecule has 1 unspecified atom stereocenters. The highest BCUT2D eigenvalue weighted by Crippen LogP contribution is 2.29. The first kappa shape index (κ1) is 12.1. The molecule has 0 aliphatic rings. The molecular weight excluding hydrogens is 218 g/mol. The van der Waals surface area contributed by atoms with Crippen molar-refractivity contribution in [3.05, 3.63) is 22.7 Å². The van der Waals surface area contributed by atoms with Crippen LogP contribution in [-0.4, -0.2) is 34.6 Å². The third-order valence-electron chi connectivity index (χ3n) is 2.02. The van der Waals surface area contributed by atoms with Crippen LogP contribution in [0, 0.1) is 6.92 Å². The van der Waals surface area contributed by atoms with Gasteiger partial charge in [0.1, 0.15) is 5.75 Å². The lowest BCUT2D eigenvalue weighted by atomic mass is 10.2. The second kappa shape index (κ2) is 5.21. The van der Waals surface area contributed by atoms with E-state index in [1.807, 2.05) is 0 Å². The number of aliphatic hydroxyl groups excluding tert-OH is 2. The Kier molecular flexibility index (Phi) is 4.20. The van der Waals surface area contributed by atoms with E-state index in [-0.39, 0.29) is 18.9 Å². The number of benzene rings is 1. The number of aliphatic hydroxyl groups is 2. The van der Waals surface area contributed by atoms with Gasteiger partial charge < -0.3 is 20.6 Å². The highest BCUT2D eigenvalue weighted by molar-refractivity contribution is 6.33. The van der Waals surface area contributed by atoms with Crippen LogP contribution in [0.1, 0.15) is 5.56 Å². The van der Waals surface area contributed by atoms with Gasteiger partial charge in [-0.15, -0.1) is 0 Å². The smallest absolute Gasteiger partial charge is 0.120 e. The van der Waals surface area contributed by atoms with E-state index in [0.717, 1.165) is 0 Å². The molecule has 0 aromatic heterocycles. The van der Waals surface area contributed by atoms with Crippen molar-refractivity contribution in [2.45, 2.75) is 13.0 Å².